The van der Waals surface area contributed by atoms with E-state index in [-0.39, 0.29) is 36.9 Å². The third kappa shape index (κ3) is 8.26. The Balaban J connectivity index is 6.16. The lowest BCUT2D eigenvalue weighted by atomic mass is 9.87. The monoisotopic (exact) mass is 448 g/mol. The number of aliphatic hydroxyl groups excluding tert-OH is 4. The number of aliphatic hydroxyl groups is 4. The quantitative estimate of drug-likeness (QED) is 0.168. The van der Waals surface area contributed by atoms with Gasteiger partial charge >= 0.3 is 0 Å². The van der Waals surface area contributed by atoms with E-state index in [1.54, 1.807) is 0 Å². The van der Waals surface area contributed by atoms with Gasteiger partial charge in [-0.25, -0.2) is 0 Å². The van der Waals surface area contributed by atoms with E-state index in [1.165, 1.54) is 23.5 Å². The van der Waals surface area contributed by atoms with Gasteiger partial charge in [0.25, 0.3) is 0 Å². The van der Waals surface area contributed by atoms with Gasteiger partial charge in [-0.1, -0.05) is 0 Å². The molecule has 2 atom stereocenters. The summed E-state index contributed by atoms with van der Waals surface area (Å²) in [5.41, 5.74) is -0.557. The van der Waals surface area contributed by atoms with Crippen LogP contribution in [0.25, 0.3) is 0 Å². The number of nitrogens with zero attached hydrogens (tertiary/aromatic N) is 2. The summed E-state index contributed by atoms with van der Waals surface area (Å²) in [7, 11) is 3.95. The normalized spacial score (nSPS) is 16.8. The van der Waals surface area contributed by atoms with Crippen LogP contribution in [0.15, 0.2) is 0 Å². The van der Waals surface area contributed by atoms with Gasteiger partial charge in [0.1, 0.15) is 0 Å². The zero-order valence-corrected chi connectivity index (χ0v) is 19.2. The number of rotatable bonds is 17. The minimum Gasteiger partial charge on any atom is -0.396 e. The van der Waals surface area contributed by atoms with Crippen LogP contribution < -0.4 is 0 Å². The fourth-order valence-corrected chi connectivity index (χ4v) is 6.21. The maximum atomic E-state index is 10.2. The zero-order chi connectivity index (χ0) is 20.0. The minimum atomic E-state index is -0.557. The lowest BCUT2D eigenvalue weighted by Gasteiger charge is -2.53. The predicted octanol–water partition coefficient (Wildman–Crippen LogP) is -0.379. The molecule has 0 radical (unpaired) electrons. The molecule has 10 heteroatoms. The second-order valence-electron chi connectivity index (χ2n) is 6.19. The lowest BCUT2D eigenvalue weighted by Crippen LogP contribution is -2.69. The highest BCUT2D eigenvalue weighted by molar-refractivity contribution is 8.01. The largest absolute Gasteiger partial charge is 0.396 e. The molecule has 0 heterocycles. The number of likely N-dealkylation sites (N-methyl/N-ethyl adjacent to an activating group) is 1. The van der Waals surface area contributed by atoms with E-state index in [1.807, 2.05) is 14.1 Å². The third-order valence-corrected chi connectivity index (χ3v) is 7.32. The summed E-state index contributed by atoms with van der Waals surface area (Å²) in [5.74, 6) is 2.32. The van der Waals surface area contributed by atoms with E-state index in [0.717, 1.165) is 0 Å². The number of hydrogen-bond acceptors (Lipinski definition) is 10. The Morgan fingerprint density at radius 3 is 1.54 bits per heavy atom. The van der Waals surface area contributed by atoms with Crippen molar-refractivity contribution in [3.8, 4) is 0 Å². The standard InChI is InChI=1S/C16H36N2O4S4/c1-17(2)13-16(14(11-21)25-9-5-19,15(12-22)26-10-6-20)18(3-7-23)4-8-24/h14-15,19-24H,3-13H2,1-2H3. The highest BCUT2D eigenvalue weighted by Crippen LogP contribution is 2.38. The van der Waals surface area contributed by atoms with Crippen LogP contribution >= 0.6 is 48.8 Å². The van der Waals surface area contributed by atoms with Crippen molar-refractivity contribution in [1.82, 2.24) is 9.80 Å². The summed E-state index contributed by atoms with van der Waals surface area (Å²) < 4.78 is 0. The first-order chi connectivity index (χ1) is 12.5. The molecule has 0 aromatic heterocycles. The van der Waals surface area contributed by atoms with Crippen LogP contribution in [0.5, 0.6) is 0 Å². The van der Waals surface area contributed by atoms with Gasteiger partial charge in [-0.2, -0.15) is 48.8 Å². The third-order valence-electron chi connectivity index (χ3n) is 4.17. The van der Waals surface area contributed by atoms with Gasteiger partial charge in [0.15, 0.2) is 0 Å². The van der Waals surface area contributed by atoms with E-state index in [0.29, 0.717) is 42.6 Å². The van der Waals surface area contributed by atoms with Gasteiger partial charge in [-0.15, -0.1) is 0 Å². The molecule has 0 aromatic rings. The summed E-state index contributed by atoms with van der Waals surface area (Å²) in [6, 6.07) is 0. The number of thiol groups is 2. The molecule has 0 amide bonds. The topological polar surface area (TPSA) is 87.4 Å². The van der Waals surface area contributed by atoms with Crippen molar-refractivity contribution in [2.24, 2.45) is 0 Å². The van der Waals surface area contributed by atoms with Crippen molar-refractivity contribution < 1.29 is 20.4 Å². The molecule has 6 nitrogen and oxygen atoms in total. The summed E-state index contributed by atoms with van der Waals surface area (Å²) in [5, 5.41) is 38.6. The zero-order valence-electron chi connectivity index (χ0n) is 15.8. The molecule has 0 saturated carbocycles. The van der Waals surface area contributed by atoms with Crippen molar-refractivity contribution in [3.63, 3.8) is 0 Å². The SMILES string of the molecule is CN(C)CC(C(CO)SCCO)(C(CO)SCCO)N(CCS)CCS. The Hall–Kier alpha value is 1.16. The first-order valence-electron chi connectivity index (χ1n) is 8.76. The first-order valence-corrected chi connectivity index (χ1v) is 12.1. The van der Waals surface area contributed by atoms with Crippen molar-refractivity contribution in [2.75, 3.05) is 83.2 Å². The molecule has 0 aromatic carbocycles. The highest BCUT2D eigenvalue weighted by Gasteiger charge is 2.49. The van der Waals surface area contributed by atoms with Crippen molar-refractivity contribution in [2.45, 2.75) is 16.0 Å². The van der Waals surface area contributed by atoms with Crippen LogP contribution in [0, 0.1) is 0 Å². The van der Waals surface area contributed by atoms with Gasteiger partial charge in [0, 0.05) is 53.1 Å². The summed E-state index contributed by atoms with van der Waals surface area (Å²) >= 11 is 11.9. The van der Waals surface area contributed by atoms with Crippen molar-refractivity contribution in [3.05, 3.63) is 0 Å². The molecule has 0 aliphatic heterocycles. The summed E-state index contributed by atoms with van der Waals surface area (Å²) in [6.07, 6.45) is 0. The van der Waals surface area contributed by atoms with Crippen LogP contribution in [0.2, 0.25) is 0 Å². The average Bonchev–Trinajstić information content (AvgIpc) is 2.61. The van der Waals surface area contributed by atoms with Crippen LogP contribution in [0.4, 0.5) is 0 Å². The van der Waals surface area contributed by atoms with Crippen LogP contribution in [-0.4, -0.2) is 129 Å². The Morgan fingerprint density at radius 2 is 1.27 bits per heavy atom. The molecule has 0 aliphatic carbocycles. The smallest absolute Gasteiger partial charge is 0.0618 e. The second kappa shape index (κ2) is 16.0. The molecule has 158 valence electrons. The molecule has 0 spiro atoms. The van der Waals surface area contributed by atoms with Crippen LogP contribution in [0.1, 0.15) is 0 Å². The predicted molar refractivity (Wildman–Crippen MR) is 121 cm³/mol. The highest BCUT2D eigenvalue weighted by atomic mass is 32.2. The van der Waals surface area contributed by atoms with Crippen molar-refractivity contribution >= 4 is 48.8 Å². The second-order valence-corrected chi connectivity index (χ2v) is 9.71. The molecule has 26 heavy (non-hydrogen) atoms. The fraction of sp³-hybridized carbons (Fsp3) is 1.00. The lowest BCUT2D eigenvalue weighted by molar-refractivity contribution is 0.0377. The molecular formula is C16H36N2O4S4. The van der Waals surface area contributed by atoms with Crippen molar-refractivity contribution in [1.29, 1.82) is 0 Å². The van der Waals surface area contributed by atoms with Gasteiger partial charge in [0.05, 0.1) is 32.0 Å². The minimum absolute atomic E-state index is 0.0337. The molecule has 0 saturated heterocycles. The molecule has 4 N–H and O–H groups in total. The van der Waals surface area contributed by atoms with Gasteiger partial charge in [0.2, 0.25) is 0 Å². The number of thioether (sulfide) groups is 2. The molecule has 0 bridgehead atoms. The fourth-order valence-electron chi connectivity index (χ4n) is 3.29. The summed E-state index contributed by atoms with van der Waals surface area (Å²) in [6.45, 7) is 1.96. The van der Waals surface area contributed by atoms with Crippen LogP contribution in [0.3, 0.4) is 0 Å². The summed E-state index contributed by atoms with van der Waals surface area (Å²) in [4.78, 5) is 4.33. The van der Waals surface area contributed by atoms with Gasteiger partial charge in [-0.05, 0) is 14.1 Å². The Kier molecular flexibility index (Phi) is 16.7. The van der Waals surface area contributed by atoms with E-state index in [2.05, 4.69) is 35.1 Å². The van der Waals surface area contributed by atoms with Gasteiger partial charge < -0.3 is 25.3 Å². The molecule has 2 unspecified atom stereocenters. The van der Waals surface area contributed by atoms with E-state index < -0.39 is 5.54 Å². The maximum absolute atomic E-state index is 10.2. The maximum Gasteiger partial charge on any atom is 0.0618 e. The average molecular weight is 449 g/mol. The Morgan fingerprint density at radius 1 is 0.846 bits per heavy atom. The molecule has 0 rings (SSSR count). The number of hydrogen-bond donors (Lipinski definition) is 6. The van der Waals surface area contributed by atoms with Crippen LogP contribution in [-0.2, 0) is 0 Å². The Bertz CT molecular complexity index is 321. The molecular weight excluding hydrogens is 412 g/mol. The van der Waals surface area contributed by atoms with E-state index in [9.17, 15) is 20.4 Å². The first kappa shape index (κ1) is 27.2. The molecule has 0 aliphatic rings. The Labute approximate surface area is 177 Å². The molecule has 0 fully saturated rings. The van der Waals surface area contributed by atoms with E-state index in [4.69, 9.17) is 0 Å². The van der Waals surface area contributed by atoms with E-state index >= 15 is 0 Å². The van der Waals surface area contributed by atoms with Gasteiger partial charge in [-0.3, -0.25) is 4.90 Å².